The monoisotopic (exact) mass is 255 g/mol. The molecular weight excluding hydrogens is 234 g/mol. The molecule has 1 fully saturated rings. The number of methoxy groups -OCH3 is 1. The summed E-state index contributed by atoms with van der Waals surface area (Å²) in [7, 11) is 1.72. The number of rotatable bonds is 4. The van der Waals surface area contributed by atoms with Crippen molar-refractivity contribution in [1.29, 1.82) is 0 Å². The van der Waals surface area contributed by atoms with Gasteiger partial charge in [0.25, 0.3) is 0 Å². The molecule has 0 bridgehead atoms. The molecule has 0 radical (unpaired) electrons. The normalized spacial score (nSPS) is 16.2. The number of hydrogen-bond donors (Lipinski definition) is 1. The van der Waals surface area contributed by atoms with Crippen LogP contribution in [0, 0.1) is 19.8 Å². The Morgan fingerprint density at radius 1 is 1.29 bits per heavy atom. The van der Waals surface area contributed by atoms with Gasteiger partial charge >= 0.3 is 0 Å². The molecule has 17 heavy (non-hydrogen) atoms. The van der Waals surface area contributed by atoms with Crippen LogP contribution in [0.3, 0.4) is 0 Å². The van der Waals surface area contributed by atoms with Crippen molar-refractivity contribution in [3.05, 3.63) is 28.8 Å². The minimum Gasteiger partial charge on any atom is -0.496 e. The van der Waals surface area contributed by atoms with E-state index in [1.165, 1.54) is 29.5 Å². The van der Waals surface area contributed by atoms with E-state index in [4.69, 9.17) is 10.5 Å². The summed E-state index contributed by atoms with van der Waals surface area (Å²) in [6, 6.07) is 4.52. The Kier molecular flexibility index (Phi) is 4.84. The smallest absolute Gasteiger partial charge is 0.124 e. The van der Waals surface area contributed by atoms with Crippen molar-refractivity contribution in [3.8, 4) is 5.75 Å². The van der Waals surface area contributed by atoms with Crippen LogP contribution in [0.1, 0.15) is 42.0 Å². The predicted octanol–water partition coefficient (Wildman–Crippen LogP) is 3.53. The second-order valence-corrected chi connectivity index (χ2v) is 4.97. The number of hydrogen-bond acceptors (Lipinski definition) is 2. The molecule has 1 aromatic rings. The highest BCUT2D eigenvalue weighted by atomic mass is 35.5. The average Bonchev–Trinajstić information content (AvgIpc) is 3.01. The first-order valence-electron chi connectivity index (χ1n) is 6.02. The van der Waals surface area contributed by atoms with Crippen molar-refractivity contribution in [2.75, 3.05) is 7.11 Å². The van der Waals surface area contributed by atoms with Crippen LogP contribution in [-0.2, 0) is 0 Å². The Balaban J connectivity index is 0.00000144. The average molecular weight is 256 g/mol. The molecule has 3 heteroatoms. The van der Waals surface area contributed by atoms with Gasteiger partial charge in [0.2, 0.25) is 0 Å². The number of nitrogens with two attached hydrogens (primary N) is 1. The summed E-state index contributed by atoms with van der Waals surface area (Å²) in [5.41, 5.74) is 9.84. The molecule has 0 amide bonds. The third-order valence-corrected chi connectivity index (χ3v) is 3.40. The topological polar surface area (TPSA) is 35.2 Å². The molecule has 2 rings (SSSR count). The molecule has 0 spiro atoms. The van der Waals surface area contributed by atoms with E-state index in [1.807, 2.05) is 0 Å². The first kappa shape index (κ1) is 14.3. The molecule has 0 aromatic heterocycles. The van der Waals surface area contributed by atoms with Crippen molar-refractivity contribution < 1.29 is 4.74 Å². The minimum atomic E-state index is 0. The zero-order chi connectivity index (χ0) is 11.7. The Bertz CT molecular complexity index is 365. The van der Waals surface area contributed by atoms with Gasteiger partial charge in [0.15, 0.2) is 0 Å². The van der Waals surface area contributed by atoms with Gasteiger partial charge < -0.3 is 10.5 Å². The molecule has 96 valence electrons. The van der Waals surface area contributed by atoms with Crippen LogP contribution in [0.25, 0.3) is 0 Å². The van der Waals surface area contributed by atoms with Crippen LogP contribution in [0.15, 0.2) is 12.1 Å². The molecule has 0 unspecified atom stereocenters. The number of halogens is 1. The number of aryl methyl sites for hydroxylation is 2. The van der Waals surface area contributed by atoms with Crippen molar-refractivity contribution in [1.82, 2.24) is 0 Å². The van der Waals surface area contributed by atoms with Crippen LogP contribution < -0.4 is 10.5 Å². The lowest BCUT2D eigenvalue weighted by molar-refractivity contribution is 0.408. The molecule has 2 N–H and O–H groups in total. The number of benzene rings is 1. The molecule has 0 heterocycles. The van der Waals surface area contributed by atoms with E-state index in [-0.39, 0.29) is 18.4 Å². The first-order chi connectivity index (χ1) is 7.61. The van der Waals surface area contributed by atoms with E-state index < -0.39 is 0 Å². The van der Waals surface area contributed by atoms with Gasteiger partial charge in [-0.05, 0) is 42.9 Å². The zero-order valence-electron chi connectivity index (χ0n) is 10.8. The lowest BCUT2D eigenvalue weighted by Gasteiger charge is -2.16. The molecule has 0 aliphatic heterocycles. The molecular formula is C14H22ClNO. The fraction of sp³-hybridized carbons (Fsp3) is 0.571. The Morgan fingerprint density at radius 3 is 2.24 bits per heavy atom. The molecule has 1 saturated carbocycles. The van der Waals surface area contributed by atoms with Crippen LogP contribution >= 0.6 is 12.4 Å². The van der Waals surface area contributed by atoms with Crippen LogP contribution in [0.2, 0.25) is 0 Å². The molecule has 2 nitrogen and oxygen atoms in total. The summed E-state index contributed by atoms with van der Waals surface area (Å²) < 4.78 is 5.36. The third kappa shape index (κ3) is 3.36. The van der Waals surface area contributed by atoms with Crippen LogP contribution in [-0.4, -0.2) is 7.11 Å². The maximum Gasteiger partial charge on any atom is 0.124 e. The highest BCUT2D eigenvalue weighted by Crippen LogP contribution is 2.37. The maximum atomic E-state index is 6.22. The second-order valence-electron chi connectivity index (χ2n) is 4.97. The molecule has 1 aliphatic rings. The quantitative estimate of drug-likeness (QED) is 0.893. The van der Waals surface area contributed by atoms with E-state index in [2.05, 4.69) is 26.0 Å². The van der Waals surface area contributed by atoms with E-state index >= 15 is 0 Å². The van der Waals surface area contributed by atoms with Crippen molar-refractivity contribution in [3.63, 3.8) is 0 Å². The van der Waals surface area contributed by atoms with Crippen LogP contribution in [0.4, 0.5) is 0 Å². The van der Waals surface area contributed by atoms with Gasteiger partial charge in [0, 0.05) is 6.04 Å². The Labute approximate surface area is 110 Å². The van der Waals surface area contributed by atoms with Gasteiger partial charge in [-0.2, -0.15) is 0 Å². The lowest BCUT2D eigenvalue weighted by atomic mass is 9.97. The summed E-state index contributed by atoms with van der Waals surface area (Å²) >= 11 is 0. The fourth-order valence-electron chi connectivity index (χ4n) is 2.37. The van der Waals surface area contributed by atoms with Gasteiger partial charge in [-0.1, -0.05) is 25.0 Å². The molecule has 1 aromatic carbocycles. The standard InChI is InChI=1S/C14H21NO.ClH/c1-9-6-12(7-10(2)14(9)16-3)13(15)8-11-4-5-11;/h6-7,11,13H,4-5,8,15H2,1-3H3;1H/t13-;/m0./s1. The highest BCUT2D eigenvalue weighted by Gasteiger charge is 2.24. The first-order valence-corrected chi connectivity index (χ1v) is 6.02. The molecule has 1 aliphatic carbocycles. The summed E-state index contributed by atoms with van der Waals surface area (Å²) in [4.78, 5) is 0. The van der Waals surface area contributed by atoms with E-state index in [9.17, 15) is 0 Å². The van der Waals surface area contributed by atoms with Gasteiger partial charge in [-0.3, -0.25) is 0 Å². The summed E-state index contributed by atoms with van der Waals surface area (Å²) in [6.45, 7) is 4.17. The molecule has 1 atom stereocenters. The van der Waals surface area contributed by atoms with Crippen molar-refractivity contribution in [2.45, 2.75) is 39.2 Å². The van der Waals surface area contributed by atoms with Crippen molar-refractivity contribution in [2.24, 2.45) is 11.7 Å². The van der Waals surface area contributed by atoms with Gasteiger partial charge in [0.05, 0.1) is 7.11 Å². The second kappa shape index (κ2) is 5.74. The largest absolute Gasteiger partial charge is 0.496 e. The Hall–Kier alpha value is -0.730. The molecule has 0 saturated heterocycles. The van der Waals surface area contributed by atoms with E-state index in [0.29, 0.717) is 0 Å². The summed E-state index contributed by atoms with van der Waals surface area (Å²) in [6.07, 6.45) is 3.86. The number of ether oxygens (including phenoxy) is 1. The minimum absolute atomic E-state index is 0. The third-order valence-electron chi connectivity index (χ3n) is 3.40. The highest BCUT2D eigenvalue weighted by molar-refractivity contribution is 5.85. The van der Waals surface area contributed by atoms with E-state index in [0.717, 1.165) is 18.1 Å². The zero-order valence-corrected chi connectivity index (χ0v) is 11.6. The maximum absolute atomic E-state index is 6.22. The van der Waals surface area contributed by atoms with Crippen LogP contribution in [0.5, 0.6) is 5.75 Å². The van der Waals surface area contributed by atoms with Gasteiger partial charge in [0.1, 0.15) is 5.75 Å². The SMILES string of the molecule is COc1c(C)cc([C@@H](N)CC2CC2)cc1C.Cl. The fourth-order valence-corrected chi connectivity index (χ4v) is 2.37. The summed E-state index contributed by atoms with van der Waals surface area (Å²) in [5.74, 6) is 1.86. The van der Waals surface area contributed by atoms with Crippen molar-refractivity contribution >= 4 is 12.4 Å². The lowest BCUT2D eigenvalue weighted by Crippen LogP contribution is -2.11. The van der Waals surface area contributed by atoms with E-state index in [1.54, 1.807) is 7.11 Å². The predicted molar refractivity (Wildman–Crippen MR) is 74.0 cm³/mol. The van der Waals surface area contributed by atoms with Gasteiger partial charge in [-0.25, -0.2) is 0 Å². The summed E-state index contributed by atoms with van der Waals surface area (Å²) in [5, 5.41) is 0. The van der Waals surface area contributed by atoms with Gasteiger partial charge in [-0.15, -0.1) is 12.4 Å². The Morgan fingerprint density at radius 2 is 1.82 bits per heavy atom.